The normalized spacial score (nSPS) is 18.9. The highest BCUT2D eigenvalue weighted by atomic mass is 19.2. The fourth-order valence-electron chi connectivity index (χ4n) is 4.24. The maximum atomic E-state index is 14.4. The van der Waals surface area contributed by atoms with Gasteiger partial charge in [-0.3, -0.25) is 0 Å². The number of ether oxygens (including phenoxy) is 1. The lowest BCUT2D eigenvalue weighted by Gasteiger charge is -2.37. The van der Waals surface area contributed by atoms with Gasteiger partial charge in [0.1, 0.15) is 17.3 Å². The molecular weight excluding hydrogens is 425 g/mol. The third-order valence-corrected chi connectivity index (χ3v) is 6.02. The number of anilines is 2. The Morgan fingerprint density at radius 3 is 2.75 bits per heavy atom. The van der Waals surface area contributed by atoms with Crippen LogP contribution in [0.25, 0.3) is 5.65 Å². The first-order valence-corrected chi connectivity index (χ1v) is 10.3. The molecule has 0 radical (unpaired) electrons. The van der Waals surface area contributed by atoms with Crippen LogP contribution in [0.1, 0.15) is 24.4 Å². The van der Waals surface area contributed by atoms with Crippen LogP contribution in [-0.2, 0) is 4.74 Å². The van der Waals surface area contributed by atoms with Crippen molar-refractivity contribution < 1.29 is 22.7 Å². The summed E-state index contributed by atoms with van der Waals surface area (Å²) in [5, 5.41) is 6.99. The monoisotopic (exact) mass is 446 g/mol. The third kappa shape index (κ3) is 3.42. The SMILES string of the molecule is COC1CN(C(=O)Nc2cnn3ccc(N4CCC[C@@H]4c4c(F)ccc(F)c4F)nc23)C1. The number of nitrogens with zero attached hydrogens (tertiary/aromatic N) is 5. The Balaban J connectivity index is 1.43. The van der Waals surface area contributed by atoms with E-state index in [1.165, 1.54) is 10.7 Å². The first-order chi connectivity index (χ1) is 15.5. The Bertz CT molecular complexity index is 1180. The molecule has 0 bridgehead atoms. The summed E-state index contributed by atoms with van der Waals surface area (Å²) in [4.78, 5) is 20.4. The van der Waals surface area contributed by atoms with E-state index in [1.54, 1.807) is 29.2 Å². The summed E-state index contributed by atoms with van der Waals surface area (Å²) in [7, 11) is 1.60. The number of rotatable bonds is 4. The van der Waals surface area contributed by atoms with Crippen molar-refractivity contribution in [1.29, 1.82) is 0 Å². The molecular formula is C21H21F3N6O2. The number of amides is 2. The smallest absolute Gasteiger partial charge is 0.322 e. The Kier molecular flexibility index (Phi) is 5.12. The molecule has 11 heteroatoms. The first-order valence-electron chi connectivity index (χ1n) is 10.3. The van der Waals surface area contributed by atoms with Gasteiger partial charge in [-0.05, 0) is 31.0 Å². The van der Waals surface area contributed by atoms with E-state index in [4.69, 9.17) is 4.74 Å². The van der Waals surface area contributed by atoms with Gasteiger partial charge in [-0.15, -0.1) is 0 Å². The Morgan fingerprint density at radius 2 is 1.97 bits per heavy atom. The van der Waals surface area contributed by atoms with Crippen LogP contribution in [0.4, 0.5) is 29.5 Å². The lowest BCUT2D eigenvalue weighted by Crippen LogP contribution is -2.55. The standard InChI is InChI=1S/C21H21F3N6O2/c1-32-12-10-28(11-12)21(31)26-15-9-25-30-8-6-17(27-20(15)30)29-7-2-3-16(29)18-13(22)4-5-14(23)19(18)24/h4-6,8-9,12,16H,2-3,7,10-11H2,1H3,(H,26,31)/t16-/m1/s1. The Morgan fingerprint density at radius 1 is 1.19 bits per heavy atom. The molecule has 5 rings (SSSR count). The largest absolute Gasteiger partial charge is 0.378 e. The Labute approximate surface area is 181 Å². The zero-order valence-corrected chi connectivity index (χ0v) is 17.3. The van der Waals surface area contributed by atoms with Gasteiger partial charge in [0, 0.05) is 25.4 Å². The number of nitrogens with one attached hydrogen (secondary N) is 1. The Hall–Kier alpha value is -3.34. The zero-order valence-electron chi connectivity index (χ0n) is 17.3. The van der Waals surface area contributed by atoms with Gasteiger partial charge >= 0.3 is 6.03 Å². The lowest BCUT2D eigenvalue weighted by atomic mass is 10.0. The predicted octanol–water partition coefficient (Wildman–Crippen LogP) is 3.35. The molecule has 168 valence electrons. The van der Waals surface area contributed by atoms with E-state index >= 15 is 0 Å². The van der Waals surface area contributed by atoms with Gasteiger partial charge in [-0.25, -0.2) is 27.5 Å². The van der Waals surface area contributed by atoms with E-state index in [0.717, 1.165) is 12.1 Å². The van der Waals surface area contributed by atoms with Crippen LogP contribution in [0.2, 0.25) is 0 Å². The highest BCUT2D eigenvalue weighted by Crippen LogP contribution is 2.38. The molecule has 2 saturated heterocycles. The molecule has 0 unspecified atom stereocenters. The van der Waals surface area contributed by atoms with Gasteiger partial charge in [0.25, 0.3) is 0 Å². The van der Waals surface area contributed by atoms with Crippen LogP contribution in [0.3, 0.4) is 0 Å². The highest BCUT2D eigenvalue weighted by molar-refractivity contribution is 5.93. The summed E-state index contributed by atoms with van der Waals surface area (Å²) in [6.45, 7) is 1.51. The van der Waals surface area contributed by atoms with Crippen molar-refractivity contribution >= 4 is 23.2 Å². The average molecular weight is 446 g/mol. The highest BCUT2D eigenvalue weighted by Gasteiger charge is 2.34. The summed E-state index contributed by atoms with van der Waals surface area (Å²) in [5.74, 6) is -2.59. The lowest BCUT2D eigenvalue weighted by molar-refractivity contribution is -0.00465. The molecule has 2 aliphatic heterocycles. The van der Waals surface area contributed by atoms with E-state index in [-0.39, 0.29) is 17.7 Å². The fraction of sp³-hybridized carbons (Fsp3) is 0.381. The number of fused-ring (bicyclic) bond motifs is 1. The molecule has 1 N–H and O–H groups in total. The molecule has 0 aliphatic carbocycles. The van der Waals surface area contributed by atoms with Crippen molar-refractivity contribution in [3.05, 3.63) is 53.6 Å². The van der Waals surface area contributed by atoms with Crippen molar-refractivity contribution in [1.82, 2.24) is 19.5 Å². The summed E-state index contributed by atoms with van der Waals surface area (Å²) in [5.41, 5.74) is 0.513. The van der Waals surface area contributed by atoms with Crippen LogP contribution in [0.15, 0.2) is 30.6 Å². The van der Waals surface area contributed by atoms with Crippen molar-refractivity contribution in [3.8, 4) is 0 Å². The minimum atomic E-state index is -1.18. The van der Waals surface area contributed by atoms with Gasteiger partial charge in [-0.1, -0.05) is 0 Å². The van der Waals surface area contributed by atoms with E-state index < -0.39 is 23.5 Å². The fourth-order valence-corrected chi connectivity index (χ4v) is 4.24. The zero-order chi connectivity index (χ0) is 22.4. The summed E-state index contributed by atoms with van der Waals surface area (Å²) in [6.07, 6.45) is 4.31. The molecule has 2 fully saturated rings. The van der Waals surface area contributed by atoms with E-state index in [9.17, 15) is 18.0 Å². The minimum absolute atomic E-state index is 0.0325. The van der Waals surface area contributed by atoms with Crippen LogP contribution in [0.5, 0.6) is 0 Å². The van der Waals surface area contributed by atoms with Gasteiger partial charge < -0.3 is 19.9 Å². The summed E-state index contributed by atoms with van der Waals surface area (Å²) < 4.78 is 49.3. The number of methoxy groups -OCH3 is 1. The summed E-state index contributed by atoms with van der Waals surface area (Å²) >= 11 is 0. The number of aromatic nitrogens is 3. The molecule has 1 atom stereocenters. The molecule has 1 aromatic carbocycles. The molecule has 0 spiro atoms. The molecule has 2 aromatic heterocycles. The molecule has 3 aromatic rings. The number of benzene rings is 1. The van der Waals surface area contributed by atoms with E-state index in [0.29, 0.717) is 49.6 Å². The second kappa shape index (κ2) is 7.97. The number of carbonyl (C=O) groups is 1. The average Bonchev–Trinajstić information content (AvgIpc) is 3.38. The van der Waals surface area contributed by atoms with Crippen molar-refractivity contribution in [3.63, 3.8) is 0 Å². The molecule has 8 nitrogen and oxygen atoms in total. The number of urea groups is 1. The number of hydrogen-bond acceptors (Lipinski definition) is 5. The molecule has 32 heavy (non-hydrogen) atoms. The number of halogens is 3. The maximum Gasteiger partial charge on any atom is 0.322 e. The van der Waals surface area contributed by atoms with Crippen LogP contribution < -0.4 is 10.2 Å². The maximum absolute atomic E-state index is 14.4. The minimum Gasteiger partial charge on any atom is -0.378 e. The quantitative estimate of drug-likeness (QED) is 0.623. The molecule has 4 heterocycles. The molecule has 2 amide bonds. The topological polar surface area (TPSA) is 75.0 Å². The molecule has 2 aliphatic rings. The molecule has 0 saturated carbocycles. The first kappa shape index (κ1) is 20.6. The van der Waals surface area contributed by atoms with Crippen molar-refractivity contribution in [2.24, 2.45) is 0 Å². The van der Waals surface area contributed by atoms with Crippen LogP contribution >= 0.6 is 0 Å². The number of carbonyl (C=O) groups excluding carboxylic acids is 1. The van der Waals surface area contributed by atoms with Crippen LogP contribution in [0, 0.1) is 17.5 Å². The number of likely N-dealkylation sites (tertiary alicyclic amines) is 1. The van der Waals surface area contributed by atoms with Crippen molar-refractivity contribution in [2.45, 2.75) is 25.0 Å². The second-order valence-corrected chi connectivity index (χ2v) is 7.91. The van der Waals surface area contributed by atoms with E-state index in [2.05, 4.69) is 15.4 Å². The second-order valence-electron chi connectivity index (χ2n) is 7.91. The predicted molar refractivity (Wildman–Crippen MR) is 110 cm³/mol. The number of hydrogen-bond donors (Lipinski definition) is 1. The van der Waals surface area contributed by atoms with Gasteiger partial charge in [0.15, 0.2) is 17.3 Å². The van der Waals surface area contributed by atoms with Crippen molar-refractivity contribution in [2.75, 3.05) is 37.0 Å². The van der Waals surface area contributed by atoms with Gasteiger partial charge in [0.2, 0.25) is 0 Å². The van der Waals surface area contributed by atoms with Gasteiger partial charge in [0.05, 0.1) is 31.4 Å². The summed E-state index contributed by atoms with van der Waals surface area (Å²) in [6, 6.07) is 2.43. The van der Waals surface area contributed by atoms with Gasteiger partial charge in [-0.2, -0.15) is 5.10 Å². The van der Waals surface area contributed by atoms with E-state index in [1.807, 2.05) is 0 Å². The third-order valence-electron chi connectivity index (χ3n) is 6.02. The van der Waals surface area contributed by atoms with Crippen LogP contribution in [-0.4, -0.2) is 58.4 Å².